The van der Waals surface area contributed by atoms with Crippen LogP contribution in [0.4, 0.5) is 0 Å². The number of benzene rings is 1. The number of ether oxygens (including phenoxy) is 1. The molecule has 0 aliphatic heterocycles. The van der Waals surface area contributed by atoms with E-state index in [9.17, 15) is 4.79 Å². The van der Waals surface area contributed by atoms with E-state index in [1.165, 1.54) is 0 Å². The van der Waals surface area contributed by atoms with E-state index in [1.54, 1.807) is 6.92 Å². The van der Waals surface area contributed by atoms with Crippen LogP contribution in [0, 0.1) is 0 Å². The van der Waals surface area contributed by atoms with Gasteiger partial charge in [-0.15, -0.1) is 0 Å². The van der Waals surface area contributed by atoms with E-state index in [2.05, 4.69) is 0 Å². The first-order chi connectivity index (χ1) is 6.79. The van der Waals surface area contributed by atoms with E-state index in [0.29, 0.717) is 13.0 Å². The number of carbonyl (C=O) groups excluding carboxylic acids is 1. The topological polar surface area (TPSA) is 26.3 Å². The summed E-state index contributed by atoms with van der Waals surface area (Å²) in [5, 5.41) is 0. The summed E-state index contributed by atoms with van der Waals surface area (Å²) in [6.45, 7) is 2.08. The quantitative estimate of drug-likeness (QED) is 0.667. The van der Waals surface area contributed by atoms with Crippen LogP contribution in [0.5, 0.6) is 5.75 Å². The Morgan fingerprint density at radius 3 is 2.64 bits per heavy atom. The van der Waals surface area contributed by atoms with Crippen molar-refractivity contribution in [2.24, 2.45) is 0 Å². The average molecular weight is 190 g/mol. The molecule has 2 heteroatoms. The van der Waals surface area contributed by atoms with Gasteiger partial charge in [0.05, 0.1) is 0 Å². The Morgan fingerprint density at radius 1 is 1.29 bits per heavy atom. The molecule has 0 N–H and O–H groups in total. The molecule has 74 valence electrons. The van der Waals surface area contributed by atoms with Gasteiger partial charge < -0.3 is 4.74 Å². The fraction of sp³-hybridized carbons (Fsp3) is 0.250. The molecule has 0 aromatic heterocycles. The zero-order valence-corrected chi connectivity index (χ0v) is 8.27. The van der Waals surface area contributed by atoms with Crippen molar-refractivity contribution in [3.05, 3.63) is 42.5 Å². The lowest BCUT2D eigenvalue weighted by molar-refractivity contribution is -0.116. The summed E-state index contributed by atoms with van der Waals surface area (Å²) in [4.78, 5) is 10.6. The van der Waals surface area contributed by atoms with Crippen molar-refractivity contribution < 1.29 is 9.53 Å². The zero-order chi connectivity index (χ0) is 10.2. The van der Waals surface area contributed by atoms with E-state index in [4.69, 9.17) is 4.74 Å². The van der Waals surface area contributed by atoms with Crippen molar-refractivity contribution in [2.75, 3.05) is 6.61 Å². The van der Waals surface area contributed by atoms with Crippen molar-refractivity contribution in [2.45, 2.75) is 13.3 Å². The van der Waals surface area contributed by atoms with E-state index in [0.717, 1.165) is 5.75 Å². The minimum absolute atomic E-state index is 0.168. The third kappa shape index (κ3) is 4.45. The highest BCUT2D eigenvalue weighted by molar-refractivity contribution is 5.76. The van der Waals surface area contributed by atoms with Crippen LogP contribution in [0.1, 0.15) is 13.3 Å². The number of rotatable bonds is 5. The monoisotopic (exact) mass is 190 g/mol. The fourth-order valence-corrected chi connectivity index (χ4v) is 0.978. The van der Waals surface area contributed by atoms with Gasteiger partial charge in [-0.1, -0.05) is 30.4 Å². The van der Waals surface area contributed by atoms with E-state index < -0.39 is 0 Å². The number of hydrogen-bond acceptors (Lipinski definition) is 2. The third-order valence-electron chi connectivity index (χ3n) is 1.66. The van der Waals surface area contributed by atoms with Crippen molar-refractivity contribution in [1.82, 2.24) is 0 Å². The summed E-state index contributed by atoms with van der Waals surface area (Å²) >= 11 is 0. The first-order valence-corrected chi connectivity index (χ1v) is 4.61. The largest absolute Gasteiger partial charge is 0.490 e. The van der Waals surface area contributed by atoms with Gasteiger partial charge in [-0.05, 0) is 19.1 Å². The predicted octanol–water partition coefficient (Wildman–Crippen LogP) is 2.60. The Hall–Kier alpha value is -1.57. The summed E-state index contributed by atoms with van der Waals surface area (Å²) in [6.07, 6.45) is 4.16. The van der Waals surface area contributed by atoms with Crippen LogP contribution in [0.15, 0.2) is 42.5 Å². The molecule has 0 aliphatic rings. The van der Waals surface area contributed by atoms with Gasteiger partial charge >= 0.3 is 0 Å². The number of hydrogen-bond donors (Lipinski definition) is 0. The first kappa shape index (κ1) is 10.5. The Bertz CT molecular complexity index is 301. The summed E-state index contributed by atoms with van der Waals surface area (Å²) in [5.41, 5.74) is 0. The summed E-state index contributed by atoms with van der Waals surface area (Å²) in [6, 6.07) is 9.60. The molecule has 0 aliphatic carbocycles. The van der Waals surface area contributed by atoms with Crippen LogP contribution in [-0.4, -0.2) is 12.4 Å². The smallest absolute Gasteiger partial charge is 0.133 e. The minimum Gasteiger partial charge on any atom is -0.490 e. The first-order valence-electron chi connectivity index (χ1n) is 4.61. The van der Waals surface area contributed by atoms with E-state index in [1.807, 2.05) is 42.5 Å². The number of carbonyl (C=O) groups is 1. The lowest BCUT2D eigenvalue weighted by atomic mass is 10.3. The molecule has 0 fully saturated rings. The summed E-state index contributed by atoms with van der Waals surface area (Å²) in [7, 11) is 0. The molecular formula is C12H14O2. The fourth-order valence-electron chi connectivity index (χ4n) is 0.978. The second-order valence-corrected chi connectivity index (χ2v) is 3.00. The van der Waals surface area contributed by atoms with Crippen LogP contribution in [0.3, 0.4) is 0 Å². The molecular weight excluding hydrogens is 176 g/mol. The molecule has 0 atom stereocenters. The standard InChI is InChI=1S/C12H14O2/c1-11(13)7-5-6-10-14-12-8-3-2-4-9-12/h2-6,8-9H,7,10H2,1H3/b6-5+. The van der Waals surface area contributed by atoms with Gasteiger partial charge in [-0.25, -0.2) is 0 Å². The second-order valence-electron chi connectivity index (χ2n) is 3.00. The van der Waals surface area contributed by atoms with E-state index in [-0.39, 0.29) is 5.78 Å². The lowest BCUT2D eigenvalue weighted by Gasteiger charge is -2.00. The normalized spacial score (nSPS) is 10.4. The number of allylic oxidation sites excluding steroid dienone is 1. The van der Waals surface area contributed by atoms with Gasteiger partial charge in [-0.3, -0.25) is 4.79 Å². The van der Waals surface area contributed by atoms with Gasteiger partial charge in [0.15, 0.2) is 0 Å². The van der Waals surface area contributed by atoms with Gasteiger partial charge in [0.1, 0.15) is 18.1 Å². The van der Waals surface area contributed by atoms with Gasteiger partial charge in [0.25, 0.3) is 0 Å². The van der Waals surface area contributed by atoms with Crippen molar-refractivity contribution >= 4 is 5.78 Å². The number of Topliss-reactive ketones (excluding diaryl/α,β-unsaturated/α-hetero) is 1. The van der Waals surface area contributed by atoms with Gasteiger partial charge in [-0.2, -0.15) is 0 Å². The Labute approximate surface area is 84.2 Å². The van der Waals surface area contributed by atoms with Gasteiger partial charge in [0.2, 0.25) is 0 Å². The molecule has 0 saturated carbocycles. The van der Waals surface area contributed by atoms with Crippen molar-refractivity contribution in [1.29, 1.82) is 0 Å². The SMILES string of the molecule is CC(=O)C/C=C/COc1ccccc1. The molecule has 14 heavy (non-hydrogen) atoms. The predicted molar refractivity (Wildman–Crippen MR) is 56.4 cm³/mol. The number of ketones is 1. The molecule has 1 aromatic rings. The highest BCUT2D eigenvalue weighted by atomic mass is 16.5. The Morgan fingerprint density at radius 2 is 2.00 bits per heavy atom. The van der Waals surface area contributed by atoms with Crippen LogP contribution in [0.25, 0.3) is 0 Å². The molecule has 0 radical (unpaired) electrons. The third-order valence-corrected chi connectivity index (χ3v) is 1.66. The van der Waals surface area contributed by atoms with Crippen molar-refractivity contribution in [3.8, 4) is 5.75 Å². The Balaban J connectivity index is 2.22. The lowest BCUT2D eigenvalue weighted by Crippen LogP contribution is -1.93. The second kappa shape index (κ2) is 5.97. The van der Waals surface area contributed by atoms with Crippen LogP contribution < -0.4 is 4.74 Å². The maximum Gasteiger partial charge on any atom is 0.133 e. The molecule has 0 saturated heterocycles. The molecule has 0 spiro atoms. The summed E-state index contributed by atoms with van der Waals surface area (Å²) in [5.74, 6) is 1.01. The maximum absolute atomic E-state index is 10.6. The average Bonchev–Trinajstić information content (AvgIpc) is 2.18. The molecule has 1 rings (SSSR count). The molecule has 2 nitrogen and oxygen atoms in total. The molecule has 0 amide bonds. The van der Waals surface area contributed by atoms with Crippen LogP contribution in [-0.2, 0) is 4.79 Å². The van der Waals surface area contributed by atoms with Crippen LogP contribution in [0.2, 0.25) is 0 Å². The van der Waals surface area contributed by atoms with E-state index >= 15 is 0 Å². The number of para-hydroxylation sites is 1. The van der Waals surface area contributed by atoms with Gasteiger partial charge in [0, 0.05) is 6.42 Å². The molecule has 0 bridgehead atoms. The highest BCUT2D eigenvalue weighted by Gasteiger charge is 1.88. The molecule has 1 aromatic carbocycles. The van der Waals surface area contributed by atoms with Crippen molar-refractivity contribution in [3.63, 3.8) is 0 Å². The minimum atomic E-state index is 0.168. The molecule has 0 unspecified atom stereocenters. The highest BCUT2D eigenvalue weighted by Crippen LogP contribution is 2.07. The summed E-state index contributed by atoms with van der Waals surface area (Å²) < 4.78 is 5.39. The maximum atomic E-state index is 10.6. The Kier molecular flexibility index (Phi) is 4.48. The zero-order valence-electron chi connectivity index (χ0n) is 8.27. The van der Waals surface area contributed by atoms with Crippen LogP contribution >= 0.6 is 0 Å². The molecule has 0 heterocycles.